The van der Waals surface area contributed by atoms with Crippen LogP contribution < -0.4 is 5.32 Å². The van der Waals surface area contributed by atoms with E-state index in [-0.39, 0.29) is 0 Å². The Labute approximate surface area is 102 Å². The Morgan fingerprint density at radius 2 is 2.12 bits per heavy atom. The summed E-state index contributed by atoms with van der Waals surface area (Å²) < 4.78 is 0. The molecule has 1 N–H and O–H groups in total. The molecule has 2 heteroatoms. The molecule has 0 bridgehead atoms. The Morgan fingerprint density at radius 3 is 2.88 bits per heavy atom. The molecule has 0 aromatic carbocycles. The minimum absolute atomic E-state index is 0.687. The lowest BCUT2D eigenvalue weighted by Gasteiger charge is -2.27. The fourth-order valence-electron chi connectivity index (χ4n) is 2.66. The van der Waals surface area contributed by atoms with E-state index in [1.807, 2.05) is 0 Å². The van der Waals surface area contributed by atoms with Crippen molar-refractivity contribution in [2.24, 2.45) is 0 Å². The fraction of sp³-hybridized carbons (Fsp3) is 1.00. The van der Waals surface area contributed by atoms with Gasteiger partial charge in [-0.15, -0.1) is 0 Å². The number of nitrogens with zero attached hydrogens (tertiary/aromatic N) is 1. The topological polar surface area (TPSA) is 15.3 Å². The molecular weight excluding hydrogens is 196 g/mol. The molecule has 2 nitrogen and oxygen atoms in total. The van der Waals surface area contributed by atoms with Crippen molar-refractivity contribution in [2.45, 2.75) is 71.4 Å². The first-order valence-electron chi connectivity index (χ1n) is 7.21. The molecule has 1 aliphatic heterocycles. The zero-order chi connectivity index (χ0) is 11.8. The van der Waals surface area contributed by atoms with Crippen LogP contribution in [0, 0.1) is 0 Å². The van der Waals surface area contributed by atoms with Crippen molar-refractivity contribution in [1.29, 1.82) is 0 Å². The third-order valence-corrected chi connectivity index (χ3v) is 3.80. The van der Waals surface area contributed by atoms with Crippen LogP contribution in [-0.2, 0) is 0 Å². The third kappa shape index (κ3) is 5.31. The molecule has 0 spiro atoms. The SMILES string of the molecule is CCCC(C)NCCN1CCCCCC1C. The molecule has 1 rings (SSSR count). The van der Waals surface area contributed by atoms with E-state index < -0.39 is 0 Å². The maximum atomic E-state index is 3.63. The van der Waals surface area contributed by atoms with Crippen LogP contribution in [0.3, 0.4) is 0 Å². The normalized spacial score (nSPS) is 25.3. The zero-order valence-corrected chi connectivity index (χ0v) is 11.5. The van der Waals surface area contributed by atoms with Gasteiger partial charge >= 0.3 is 0 Å². The van der Waals surface area contributed by atoms with Gasteiger partial charge < -0.3 is 5.32 Å². The van der Waals surface area contributed by atoms with Crippen molar-refractivity contribution in [3.05, 3.63) is 0 Å². The average Bonchev–Trinajstić information content (AvgIpc) is 2.45. The molecule has 0 saturated carbocycles. The molecule has 1 aliphatic rings. The first-order chi connectivity index (χ1) is 7.74. The van der Waals surface area contributed by atoms with Crippen molar-refractivity contribution in [2.75, 3.05) is 19.6 Å². The minimum atomic E-state index is 0.687. The highest BCUT2D eigenvalue weighted by Crippen LogP contribution is 2.15. The monoisotopic (exact) mass is 226 g/mol. The third-order valence-electron chi connectivity index (χ3n) is 3.80. The summed E-state index contributed by atoms with van der Waals surface area (Å²) >= 11 is 0. The maximum Gasteiger partial charge on any atom is 0.0110 e. The number of hydrogen-bond acceptors (Lipinski definition) is 2. The van der Waals surface area contributed by atoms with E-state index in [1.165, 1.54) is 51.6 Å². The zero-order valence-electron chi connectivity index (χ0n) is 11.5. The summed E-state index contributed by atoms with van der Waals surface area (Å²) in [7, 11) is 0. The summed E-state index contributed by atoms with van der Waals surface area (Å²) in [5, 5.41) is 3.63. The second kappa shape index (κ2) is 8.08. The van der Waals surface area contributed by atoms with Crippen LogP contribution in [0.15, 0.2) is 0 Å². The molecule has 96 valence electrons. The molecule has 2 unspecified atom stereocenters. The first kappa shape index (κ1) is 14.0. The Kier molecular flexibility index (Phi) is 7.06. The van der Waals surface area contributed by atoms with E-state index in [4.69, 9.17) is 0 Å². The number of rotatable bonds is 6. The maximum absolute atomic E-state index is 3.63. The highest BCUT2D eigenvalue weighted by molar-refractivity contribution is 4.72. The molecule has 1 fully saturated rings. The molecule has 0 aliphatic carbocycles. The van der Waals surface area contributed by atoms with Gasteiger partial charge in [0.25, 0.3) is 0 Å². The lowest BCUT2D eigenvalue weighted by atomic mass is 10.1. The van der Waals surface area contributed by atoms with E-state index in [2.05, 4.69) is 31.0 Å². The van der Waals surface area contributed by atoms with Crippen LogP contribution in [0.1, 0.15) is 59.3 Å². The van der Waals surface area contributed by atoms with E-state index in [0.717, 1.165) is 12.6 Å². The molecule has 1 saturated heterocycles. The van der Waals surface area contributed by atoms with E-state index in [9.17, 15) is 0 Å². The number of nitrogens with one attached hydrogen (secondary N) is 1. The van der Waals surface area contributed by atoms with Gasteiger partial charge in [0.05, 0.1) is 0 Å². The molecule has 0 radical (unpaired) electrons. The highest BCUT2D eigenvalue weighted by atomic mass is 15.2. The Bertz CT molecular complexity index is 170. The fourth-order valence-corrected chi connectivity index (χ4v) is 2.66. The summed E-state index contributed by atoms with van der Waals surface area (Å²) in [6, 6.07) is 1.48. The van der Waals surface area contributed by atoms with E-state index in [1.54, 1.807) is 0 Å². The van der Waals surface area contributed by atoms with E-state index in [0.29, 0.717) is 6.04 Å². The van der Waals surface area contributed by atoms with Crippen molar-refractivity contribution >= 4 is 0 Å². The largest absolute Gasteiger partial charge is 0.313 e. The minimum Gasteiger partial charge on any atom is -0.313 e. The van der Waals surface area contributed by atoms with Crippen LogP contribution in [0.5, 0.6) is 0 Å². The predicted molar refractivity (Wildman–Crippen MR) is 71.9 cm³/mol. The molecular formula is C14H30N2. The summed E-state index contributed by atoms with van der Waals surface area (Å²) in [5.41, 5.74) is 0. The van der Waals surface area contributed by atoms with Crippen LogP contribution in [-0.4, -0.2) is 36.6 Å². The van der Waals surface area contributed by atoms with Gasteiger partial charge in [0.15, 0.2) is 0 Å². The second-order valence-electron chi connectivity index (χ2n) is 5.38. The summed E-state index contributed by atoms with van der Waals surface area (Å²) in [6.45, 7) is 10.6. The van der Waals surface area contributed by atoms with Gasteiger partial charge in [0, 0.05) is 25.2 Å². The Morgan fingerprint density at radius 1 is 1.31 bits per heavy atom. The standard InChI is InChI=1S/C14H30N2/c1-4-8-13(2)15-10-12-16-11-7-5-6-9-14(16)3/h13-15H,4-12H2,1-3H3. The number of hydrogen-bond donors (Lipinski definition) is 1. The molecule has 0 aromatic heterocycles. The van der Waals surface area contributed by atoms with Gasteiger partial charge in [0.2, 0.25) is 0 Å². The molecule has 2 atom stereocenters. The Hall–Kier alpha value is -0.0800. The second-order valence-corrected chi connectivity index (χ2v) is 5.38. The van der Waals surface area contributed by atoms with Gasteiger partial charge in [-0.05, 0) is 39.7 Å². The van der Waals surface area contributed by atoms with Gasteiger partial charge in [-0.3, -0.25) is 4.90 Å². The summed E-state index contributed by atoms with van der Waals surface area (Å²) in [4.78, 5) is 2.67. The first-order valence-corrected chi connectivity index (χ1v) is 7.21. The highest BCUT2D eigenvalue weighted by Gasteiger charge is 2.15. The van der Waals surface area contributed by atoms with Crippen LogP contribution in [0.4, 0.5) is 0 Å². The van der Waals surface area contributed by atoms with Gasteiger partial charge in [-0.1, -0.05) is 26.2 Å². The molecule has 16 heavy (non-hydrogen) atoms. The lowest BCUT2D eigenvalue weighted by Crippen LogP contribution is -2.40. The van der Waals surface area contributed by atoms with Crippen molar-refractivity contribution in [1.82, 2.24) is 10.2 Å². The lowest BCUT2D eigenvalue weighted by molar-refractivity contribution is 0.211. The van der Waals surface area contributed by atoms with Crippen molar-refractivity contribution in [3.8, 4) is 0 Å². The van der Waals surface area contributed by atoms with E-state index >= 15 is 0 Å². The smallest absolute Gasteiger partial charge is 0.0110 e. The van der Waals surface area contributed by atoms with Crippen LogP contribution in [0.2, 0.25) is 0 Å². The average molecular weight is 226 g/mol. The van der Waals surface area contributed by atoms with Crippen LogP contribution in [0.25, 0.3) is 0 Å². The summed E-state index contributed by atoms with van der Waals surface area (Å²) in [6.07, 6.45) is 8.24. The molecule has 1 heterocycles. The molecule has 0 amide bonds. The van der Waals surface area contributed by atoms with Gasteiger partial charge in [-0.25, -0.2) is 0 Å². The van der Waals surface area contributed by atoms with Gasteiger partial charge in [0.1, 0.15) is 0 Å². The molecule has 0 aromatic rings. The van der Waals surface area contributed by atoms with Crippen molar-refractivity contribution < 1.29 is 0 Å². The quantitative estimate of drug-likeness (QED) is 0.749. The van der Waals surface area contributed by atoms with Crippen LogP contribution >= 0.6 is 0 Å². The predicted octanol–water partition coefficient (Wildman–Crippen LogP) is 3.03. The van der Waals surface area contributed by atoms with Gasteiger partial charge in [-0.2, -0.15) is 0 Å². The Balaban J connectivity index is 2.14. The summed E-state index contributed by atoms with van der Waals surface area (Å²) in [5.74, 6) is 0. The van der Waals surface area contributed by atoms with Crippen molar-refractivity contribution in [3.63, 3.8) is 0 Å². The number of likely N-dealkylation sites (tertiary alicyclic amines) is 1.